The maximum absolute atomic E-state index is 6.03. The molecule has 23 heavy (non-hydrogen) atoms. The van der Waals surface area contributed by atoms with Crippen molar-refractivity contribution in [2.24, 2.45) is 0 Å². The highest BCUT2D eigenvalue weighted by molar-refractivity contribution is 6.30. The molecule has 4 nitrogen and oxygen atoms in total. The zero-order valence-corrected chi connectivity index (χ0v) is 13.5. The van der Waals surface area contributed by atoms with E-state index in [0.29, 0.717) is 16.8 Å². The second-order valence-corrected chi connectivity index (χ2v) is 6.14. The van der Waals surface area contributed by atoms with Crippen LogP contribution in [0.5, 0.6) is 0 Å². The molecule has 2 aromatic carbocycles. The van der Waals surface area contributed by atoms with Crippen molar-refractivity contribution < 1.29 is 4.42 Å². The van der Waals surface area contributed by atoms with Crippen molar-refractivity contribution in [1.82, 2.24) is 10.2 Å². The quantitative estimate of drug-likeness (QED) is 0.710. The summed E-state index contributed by atoms with van der Waals surface area (Å²) in [6, 6.07) is 16.0. The number of aromatic nitrogens is 2. The minimum absolute atomic E-state index is 0.0408. The second-order valence-electron chi connectivity index (χ2n) is 5.70. The van der Waals surface area contributed by atoms with Crippen molar-refractivity contribution in [3.8, 4) is 11.5 Å². The van der Waals surface area contributed by atoms with Crippen LogP contribution in [0.15, 0.2) is 52.9 Å². The van der Waals surface area contributed by atoms with Gasteiger partial charge in [0.15, 0.2) is 0 Å². The predicted octanol–water partition coefficient (Wildman–Crippen LogP) is 4.51. The van der Waals surface area contributed by atoms with E-state index in [0.717, 1.165) is 18.5 Å². The van der Waals surface area contributed by atoms with Gasteiger partial charge >= 0.3 is 0 Å². The fraction of sp³-hybridized carbons (Fsp3) is 0.222. The van der Waals surface area contributed by atoms with Crippen LogP contribution in [0.3, 0.4) is 0 Å². The Morgan fingerprint density at radius 1 is 1.13 bits per heavy atom. The fourth-order valence-corrected chi connectivity index (χ4v) is 3.23. The van der Waals surface area contributed by atoms with E-state index in [1.807, 2.05) is 24.3 Å². The molecule has 0 amide bonds. The van der Waals surface area contributed by atoms with Gasteiger partial charge in [0.1, 0.15) is 6.04 Å². The summed E-state index contributed by atoms with van der Waals surface area (Å²) in [4.78, 5) is 2.31. The molecule has 1 aliphatic rings. The summed E-state index contributed by atoms with van der Waals surface area (Å²) in [5.41, 5.74) is 3.46. The maximum Gasteiger partial charge on any atom is 0.247 e. The monoisotopic (exact) mass is 325 g/mol. The van der Waals surface area contributed by atoms with Crippen LogP contribution in [-0.4, -0.2) is 16.7 Å². The van der Waals surface area contributed by atoms with Gasteiger partial charge in [0, 0.05) is 22.8 Å². The van der Waals surface area contributed by atoms with E-state index >= 15 is 0 Å². The molecule has 5 heteroatoms. The van der Waals surface area contributed by atoms with E-state index in [4.69, 9.17) is 16.0 Å². The summed E-state index contributed by atoms with van der Waals surface area (Å²) in [6.07, 6.45) is 1.05. The van der Waals surface area contributed by atoms with E-state index in [9.17, 15) is 0 Å². The summed E-state index contributed by atoms with van der Waals surface area (Å²) < 4.78 is 5.89. The first kappa shape index (κ1) is 14.3. The van der Waals surface area contributed by atoms with Crippen LogP contribution in [0.1, 0.15) is 24.4 Å². The Morgan fingerprint density at radius 2 is 2.00 bits per heavy atom. The molecule has 1 aliphatic heterocycles. The van der Waals surface area contributed by atoms with Crippen molar-refractivity contribution >= 4 is 17.3 Å². The Labute approximate surface area is 139 Å². The lowest BCUT2D eigenvalue weighted by atomic mass is 10.2. The second kappa shape index (κ2) is 5.70. The van der Waals surface area contributed by atoms with Crippen LogP contribution in [-0.2, 0) is 6.42 Å². The SMILES string of the molecule is C[C@H](c1nnc(-c2cccc(Cl)c2)o1)N1CCc2ccccc21. The summed E-state index contributed by atoms with van der Waals surface area (Å²) >= 11 is 6.03. The molecule has 0 unspecified atom stereocenters. The first-order chi connectivity index (χ1) is 11.2. The highest BCUT2D eigenvalue weighted by Crippen LogP contribution is 2.35. The van der Waals surface area contributed by atoms with E-state index in [1.165, 1.54) is 11.3 Å². The lowest BCUT2D eigenvalue weighted by Crippen LogP contribution is -2.24. The molecule has 0 N–H and O–H groups in total. The number of benzene rings is 2. The Bertz CT molecular complexity index is 846. The smallest absolute Gasteiger partial charge is 0.247 e. The molecule has 1 atom stereocenters. The molecule has 0 saturated heterocycles. The average molecular weight is 326 g/mol. The Balaban J connectivity index is 1.62. The molecule has 0 fully saturated rings. The predicted molar refractivity (Wildman–Crippen MR) is 90.7 cm³/mol. The topological polar surface area (TPSA) is 42.2 Å². The van der Waals surface area contributed by atoms with Gasteiger partial charge in [0.2, 0.25) is 11.8 Å². The van der Waals surface area contributed by atoms with Crippen molar-refractivity contribution in [3.05, 3.63) is 65.0 Å². The molecule has 1 aromatic heterocycles. The van der Waals surface area contributed by atoms with Gasteiger partial charge in [-0.3, -0.25) is 0 Å². The number of para-hydroxylation sites is 1. The van der Waals surface area contributed by atoms with Crippen LogP contribution in [0, 0.1) is 0 Å². The molecular weight excluding hydrogens is 310 g/mol. The van der Waals surface area contributed by atoms with E-state index < -0.39 is 0 Å². The van der Waals surface area contributed by atoms with Gasteiger partial charge in [-0.15, -0.1) is 10.2 Å². The van der Waals surface area contributed by atoms with Gasteiger partial charge in [-0.05, 0) is 43.2 Å². The molecule has 2 heterocycles. The van der Waals surface area contributed by atoms with Gasteiger partial charge in [-0.1, -0.05) is 35.9 Å². The van der Waals surface area contributed by atoms with Gasteiger partial charge in [0.05, 0.1) is 0 Å². The number of anilines is 1. The average Bonchev–Trinajstić information content (AvgIpc) is 3.22. The molecule has 4 rings (SSSR count). The zero-order chi connectivity index (χ0) is 15.8. The Hall–Kier alpha value is -2.33. The Kier molecular flexibility index (Phi) is 3.54. The Morgan fingerprint density at radius 3 is 2.87 bits per heavy atom. The molecule has 3 aromatic rings. The van der Waals surface area contributed by atoms with E-state index in [-0.39, 0.29) is 6.04 Å². The summed E-state index contributed by atoms with van der Waals surface area (Å²) in [5, 5.41) is 9.07. The zero-order valence-electron chi connectivity index (χ0n) is 12.7. The van der Waals surface area contributed by atoms with Crippen molar-refractivity contribution in [2.75, 3.05) is 11.4 Å². The first-order valence-electron chi connectivity index (χ1n) is 7.66. The van der Waals surface area contributed by atoms with Crippen molar-refractivity contribution in [3.63, 3.8) is 0 Å². The van der Waals surface area contributed by atoms with E-state index in [1.54, 1.807) is 0 Å². The molecule has 0 spiro atoms. The van der Waals surface area contributed by atoms with Gasteiger partial charge in [-0.25, -0.2) is 0 Å². The normalized spacial score (nSPS) is 14.8. The minimum atomic E-state index is 0.0408. The van der Waals surface area contributed by atoms with Gasteiger partial charge in [-0.2, -0.15) is 0 Å². The van der Waals surface area contributed by atoms with Gasteiger partial charge < -0.3 is 9.32 Å². The lowest BCUT2D eigenvalue weighted by molar-refractivity contribution is 0.459. The third-order valence-corrected chi connectivity index (χ3v) is 4.50. The van der Waals surface area contributed by atoms with Crippen molar-refractivity contribution in [2.45, 2.75) is 19.4 Å². The third-order valence-electron chi connectivity index (χ3n) is 4.26. The maximum atomic E-state index is 6.03. The number of hydrogen-bond acceptors (Lipinski definition) is 4. The third kappa shape index (κ3) is 2.59. The molecular formula is C18H16ClN3O. The molecule has 0 saturated carbocycles. The van der Waals surface area contributed by atoms with Crippen LogP contribution in [0.2, 0.25) is 5.02 Å². The summed E-state index contributed by atoms with van der Waals surface area (Å²) in [6.45, 7) is 3.06. The van der Waals surface area contributed by atoms with Gasteiger partial charge in [0.25, 0.3) is 0 Å². The largest absolute Gasteiger partial charge is 0.418 e. The van der Waals surface area contributed by atoms with E-state index in [2.05, 4.69) is 46.3 Å². The van der Waals surface area contributed by atoms with Crippen LogP contribution >= 0.6 is 11.6 Å². The van der Waals surface area contributed by atoms with Crippen molar-refractivity contribution in [1.29, 1.82) is 0 Å². The number of hydrogen-bond donors (Lipinski definition) is 0. The highest BCUT2D eigenvalue weighted by Gasteiger charge is 2.27. The number of fused-ring (bicyclic) bond motifs is 1. The number of halogens is 1. The first-order valence-corrected chi connectivity index (χ1v) is 8.04. The molecule has 0 aliphatic carbocycles. The lowest BCUT2D eigenvalue weighted by Gasteiger charge is -2.24. The summed E-state index contributed by atoms with van der Waals surface area (Å²) in [7, 11) is 0. The summed E-state index contributed by atoms with van der Waals surface area (Å²) in [5.74, 6) is 1.12. The van der Waals surface area contributed by atoms with Crippen LogP contribution < -0.4 is 4.90 Å². The molecule has 0 radical (unpaired) electrons. The minimum Gasteiger partial charge on any atom is -0.418 e. The number of nitrogens with zero attached hydrogens (tertiary/aromatic N) is 3. The standard InChI is InChI=1S/C18H16ClN3O/c1-12(22-10-9-13-5-2-3-8-16(13)22)17-20-21-18(23-17)14-6-4-7-15(19)11-14/h2-8,11-12H,9-10H2,1H3/t12-/m1/s1. The molecule has 0 bridgehead atoms. The van der Waals surface area contributed by atoms with Crippen LogP contribution in [0.25, 0.3) is 11.5 Å². The fourth-order valence-electron chi connectivity index (χ4n) is 3.04. The molecule has 116 valence electrons. The highest BCUT2D eigenvalue weighted by atomic mass is 35.5. The van der Waals surface area contributed by atoms with Crippen LogP contribution in [0.4, 0.5) is 5.69 Å². The number of rotatable bonds is 3.